The molecule has 2 aliphatic heterocycles. The van der Waals surface area contributed by atoms with Crippen LogP contribution in [0.1, 0.15) is 48.8 Å². The van der Waals surface area contributed by atoms with Gasteiger partial charge in [-0.2, -0.15) is 0 Å². The number of hydrogen-bond acceptors (Lipinski definition) is 6. The number of nitrogens with one attached hydrogen (secondary N) is 2. The number of hydrogen-bond donors (Lipinski definition) is 2. The van der Waals surface area contributed by atoms with E-state index in [9.17, 15) is 18.8 Å². The van der Waals surface area contributed by atoms with Crippen molar-refractivity contribution in [3.8, 4) is 10.4 Å². The predicted octanol–water partition coefficient (Wildman–Crippen LogP) is 5.32. The molecule has 42 heavy (non-hydrogen) atoms. The number of carbonyl (C=O) groups is 3. The van der Waals surface area contributed by atoms with Crippen LogP contribution in [0.4, 0.5) is 21.6 Å². The zero-order chi connectivity index (χ0) is 28.8. The minimum Gasteiger partial charge on any atom is -0.350 e. The lowest BCUT2D eigenvalue weighted by atomic mass is 10.1. The lowest BCUT2D eigenvalue weighted by Gasteiger charge is -2.36. The molecule has 1 aliphatic carbocycles. The molecule has 3 aliphatic rings. The number of anilines is 3. The van der Waals surface area contributed by atoms with E-state index in [1.165, 1.54) is 11.3 Å². The van der Waals surface area contributed by atoms with Crippen LogP contribution in [0, 0.1) is 0 Å². The molecule has 2 aromatic carbocycles. The van der Waals surface area contributed by atoms with Gasteiger partial charge >= 0.3 is 0 Å². The highest BCUT2D eigenvalue weighted by Gasteiger charge is 2.31. The van der Waals surface area contributed by atoms with Gasteiger partial charge in [-0.05, 0) is 73.4 Å². The number of para-hydroxylation sites is 1. The second-order valence-corrected chi connectivity index (χ2v) is 11.9. The lowest BCUT2D eigenvalue weighted by Crippen LogP contribution is -2.49. The Balaban J connectivity index is 1.09. The Hall–Kier alpha value is -4.57. The average Bonchev–Trinajstić information content (AvgIpc) is 3.74. The Labute approximate surface area is 246 Å². The Morgan fingerprint density at radius 3 is 2.50 bits per heavy atom. The minimum atomic E-state index is -0.910. The molecule has 3 amide bonds. The second-order valence-electron chi connectivity index (χ2n) is 10.8. The maximum absolute atomic E-state index is 13.8. The van der Waals surface area contributed by atoms with E-state index in [1.54, 1.807) is 52.4 Å². The van der Waals surface area contributed by atoms with E-state index in [-0.39, 0.29) is 30.8 Å². The fourth-order valence-electron chi connectivity index (χ4n) is 5.38. The molecular formula is C32H28FN5O3S. The molecule has 0 bridgehead atoms. The molecule has 0 atom stereocenters. The smallest absolute Gasteiger partial charge is 0.261 e. The maximum atomic E-state index is 13.8. The standard InChI is InChI=1S/C32H28FN5O3S/c33-21-17-37(18-21)29-25(5-3-14-34-29)30(39)35-22-9-7-19(8-10-22)32(41)38-15-13-20-16-27(31(40)36-23-11-12-23)42-28(20)24-4-1-2-6-26(24)38/h1-10,14,16,21,23H,11-13,15,17-18H2,(H,35,39)(H,36,40). The summed E-state index contributed by atoms with van der Waals surface area (Å²) >= 11 is 1.48. The van der Waals surface area contributed by atoms with E-state index < -0.39 is 6.17 Å². The number of nitrogens with zero attached hydrogens (tertiary/aromatic N) is 3. The number of thiophene rings is 1. The first-order valence-corrected chi connectivity index (χ1v) is 14.9. The van der Waals surface area contributed by atoms with Crippen molar-refractivity contribution in [2.45, 2.75) is 31.5 Å². The number of alkyl halides is 1. The number of halogens is 1. The van der Waals surface area contributed by atoms with E-state index >= 15 is 0 Å². The number of amides is 3. The van der Waals surface area contributed by atoms with Crippen molar-refractivity contribution < 1.29 is 18.8 Å². The third-order valence-electron chi connectivity index (χ3n) is 7.79. The third kappa shape index (κ3) is 5.02. The van der Waals surface area contributed by atoms with Crippen molar-refractivity contribution in [1.82, 2.24) is 10.3 Å². The largest absolute Gasteiger partial charge is 0.350 e. The normalized spacial score (nSPS) is 16.1. The Bertz CT molecular complexity index is 1690. The Morgan fingerprint density at radius 1 is 0.952 bits per heavy atom. The minimum absolute atomic E-state index is 0.0261. The highest BCUT2D eigenvalue weighted by molar-refractivity contribution is 7.17. The molecule has 0 spiro atoms. The molecule has 212 valence electrons. The second kappa shape index (κ2) is 10.7. The first-order chi connectivity index (χ1) is 20.4. The monoisotopic (exact) mass is 581 g/mol. The molecule has 10 heteroatoms. The summed E-state index contributed by atoms with van der Waals surface area (Å²) in [5, 5.41) is 5.94. The van der Waals surface area contributed by atoms with Gasteiger partial charge in [0, 0.05) is 40.5 Å². The molecule has 7 rings (SSSR count). The number of carbonyl (C=O) groups excluding carboxylic acids is 3. The fraction of sp³-hybridized carbons (Fsp3) is 0.250. The summed E-state index contributed by atoms with van der Waals surface area (Å²) in [7, 11) is 0. The molecule has 1 saturated heterocycles. The summed E-state index contributed by atoms with van der Waals surface area (Å²) in [4.78, 5) is 49.0. The maximum Gasteiger partial charge on any atom is 0.261 e. The van der Waals surface area contributed by atoms with E-state index in [0.29, 0.717) is 46.5 Å². The lowest BCUT2D eigenvalue weighted by molar-refractivity contribution is 0.0952. The molecule has 0 unspecified atom stereocenters. The number of benzene rings is 2. The van der Waals surface area contributed by atoms with Gasteiger partial charge < -0.3 is 20.4 Å². The van der Waals surface area contributed by atoms with Crippen LogP contribution in [0.15, 0.2) is 72.9 Å². The SMILES string of the molecule is O=C(NC1CC1)c1cc2c(s1)-c1ccccc1N(C(=O)c1ccc(NC(=O)c3cccnc3N3CC(F)C3)cc1)CC2. The number of rotatable bonds is 6. The molecule has 4 aromatic rings. The van der Waals surface area contributed by atoms with Crippen LogP contribution in [0.3, 0.4) is 0 Å². The van der Waals surface area contributed by atoms with E-state index in [4.69, 9.17) is 0 Å². The van der Waals surface area contributed by atoms with Crippen LogP contribution in [0.25, 0.3) is 10.4 Å². The van der Waals surface area contributed by atoms with Gasteiger partial charge in [-0.15, -0.1) is 11.3 Å². The molecule has 2 fully saturated rings. The molecule has 0 radical (unpaired) electrons. The Kier molecular flexibility index (Phi) is 6.70. The summed E-state index contributed by atoms with van der Waals surface area (Å²) < 4.78 is 13.4. The van der Waals surface area contributed by atoms with Gasteiger partial charge in [-0.3, -0.25) is 14.4 Å². The van der Waals surface area contributed by atoms with Crippen molar-refractivity contribution >= 4 is 46.3 Å². The van der Waals surface area contributed by atoms with Crippen LogP contribution in [-0.2, 0) is 6.42 Å². The van der Waals surface area contributed by atoms with Crippen LogP contribution < -0.4 is 20.4 Å². The third-order valence-corrected chi connectivity index (χ3v) is 9.00. The van der Waals surface area contributed by atoms with Crippen molar-refractivity contribution in [3.05, 3.63) is 94.5 Å². The van der Waals surface area contributed by atoms with E-state index in [0.717, 1.165) is 34.5 Å². The van der Waals surface area contributed by atoms with Crippen molar-refractivity contribution in [2.75, 3.05) is 34.8 Å². The summed E-state index contributed by atoms with van der Waals surface area (Å²) in [5.74, 6) is -0.0610. The van der Waals surface area contributed by atoms with Crippen LogP contribution in [0.2, 0.25) is 0 Å². The first kappa shape index (κ1) is 26.3. The topological polar surface area (TPSA) is 94.6 Å². The zero-order valence-corrected chi connectivity index (χ0v) is 23.5. The number of aromatic nitrogens is 1. The van der Waals surface area contributed by atoms with Gasteiger partial charge in [0.15, 0.2) is 0 Å². The average molecular weight is 582 g/mol. The molecule has 1 saturated carbocycles. The molecule has 8 nitrogen and oxygen atoms in total. The van der Waals surface area contributed by atoms with Crippen LogP contribution >= 0.6 is 11.3 Å². The van der Waals surface area contributed by atoms with Gasteiger partial charge in [-0.25, -0.2) is 9.37 Å². The van der Waals surface area contributed by atoms with Gasteiger partial charge in [0.05, 0.1) is 29.2 Å². The van der Waals surface area contributed by atoms with Gasteiger partial charge in [0.1, 0.15) is 12.0 Å². The van der Waals surface area contributed by atoms with E-state index in [1.807, 2.05) is 30.3 Å². The van der Waals surface area contributed by atoms with Crippen LogP contribution in [0.5, 0.6) is 0 Å². The fourth-order valence-corrected chi connectivity index (χ4v) is 6.52. The van der Waals surface area contributed by atoms with Gasteiger partial charge in [-0.1, -0.05) is 18.2 Å². The van der Waals surface area contributed by atoms with Crippen molar-refractivity contribution in [3.63, 3.8) is 0 Å². The van der Waals surface area contributed by atoms with Gasteiger partial charge in [0.25, 0.3) is 17.7 Å². The first-order valence-electron chi connectivity index (χ1n) is 14.0. The van der Waals surface area contributed by atoms with Crippen molar-refractivity contribution in [1.29, 1.82) is 0 Å². The molecule has 4 heterocycles. The van der Waals surface area contributed by atoms with Crippen molar-refractivity contribution in [2.24, 2.45) is 0 Å². The van der Waals surface area contributed by atoms with Crippen LogP contribution in [-0.4, -0.2) is 54.6 Å². The highest BCUT2D eigenvalue weighted by atomic mass is 32.1. The Morgan fingerprint density at radius 2 is 1.74 bits per heavy atom. The summed E-state index contributed by atoms with van der Waals surface area (Å²) in [6.07, 6.45) is 3.38. The number of fused-ring (bicyclic) bond motifs is 3. The summed E-state index contributed by atoms with van der Waals surface area (Å²) in [6, 6.07) is 20.2. The zero-order valence-electron chi connectivity index (χ0n) is 22.7. The molecule has 2 aromatic heterocycles. The quantitative estimate of drug-likeness (QED) is 0.322. The van der Waals surface area contributed by atoms with Gasteiger partial charge in [0.2, 0.25) is 0 Å². The molecule has 2 N–H and O–H groups in total. The predicted molar refractivity (Wildman–Crippen MR) is 161 cm³/mol. The highest BCUT2D eigenvalue weighted by Crippen LogP contribution is 2.42. The summed E-state index contributed by atoms with van der Waals surface area (Å²) in [5.41, 5.74) is 4.21. The molecular weight excluding hydrogens is 553 g/mol. The van der Waals surface area contributed by atoms with E-state index in [2.05, 4.69) is 15.6 Å². The number of pyridine rings is 1. The summed E-state index contributed by atoms with van der Waals surface area (Å²) in [6.45, 7) is 0.915.